The Morgan fingerprint density at radius 1 is 1.14 bits per heavy atom. The summed E-state index contributed by atoms with van der Waals surface area (Å²) in [5, 5.41) is 2.84. The summed E-state index contributed by atoms with van der Waals surface area (Å²) in [6, 6.07) is 10.4. The Morgan fingerprint density at radius 2 is 1.82 bits per heavy atom. The molecule has 0 aliphatic rings. The van der Waals surface area contributed by atoms with E-state index < -0.39 is 0 Å². The van der Waals surface area contributed by atoms with Crippen molar-refractivity contribution in [1.82, 2.24) is 4.90 Å². The van der Waals surface area contributed by atoms with Crippen molar-refractivity contribution < 1.29 is 23.9 Å². The summed E-state index contributed by atoms with van der Waals surface area (Å²) in [5.74, 6) is 0.106. The lowest BCUT2D eigenvalue weighted by molar-refractivity contribution is -0.135. The first-order valence-electron chi connectivity index (χ1n) is 8.71. The first-order chi connectivity index (χ1) is 13.3. The third kappa shape index (κ3) is 5.33. The third-order valence-corrected chi connectivity index (χ3v) is 4.25. The molecule has 7 heteroatoms. The number of benzene rings is 2. The smallest absolute Gasteiger partial charge is 0.260 e. The van der Waals surface area contributed by atoms with E-state index in [2.05, 4.69) is 5.32 Å². The molecule has 0 bridgehead atoms. The van der Waals surface area contributed by atoms with Gasteiger partial charge in [0.1, 0.15) is 11.5 Å². The third-order valence-electron chi connectivity index (χ3n) is 4.25. The Hall–Kier alpha value is -3.35. The lowest BCUT2D eigenvalue weighted by Gasteiger charge is -2.18. The van der Waals surface area contributed by atoms with Crippen molar-refractivity contribution in [2.24, 2.45) is 0 Å². The summed E-state index contributed by atoms with van der Waals surface area (Å²) in [7, 11) is 3.01. The number of methoxy groups -OCH3 is 1. The highest BCUT2D eigenvalue weighted by atomic mass is 16.5. The summed E-state index contributed by atoms with van der Waals surface area (Å²) in [5.41, 5.74) is 2.93. The van der Waals surface area contributed by atoms with Crippen LogP contribution in [0.3, 0.4) is 0 Å². The van der Waals surface area contributed by atoms with E-state index in [1.807, 2.05) is 32.0 Å². The molecule has 0 unspecified atom stereocenters. The van der Waals surface area contributed by atoms with Crippen molar-refractivity contribution in [3.8, 4) is 11.5 Å². The van der Waals surface area contributed by atoms with Gasteiger partial charge in [-0.05, 0) is 43.2 Å². The highest BCUT2D eigenvalue weighted by Crippen LogP contribution is 2.23. The minimum absolute atomic E-state index is 0.112. The van der Waals surface area contributed by atoms with Gasteiger partial charge in [0.15, 0.2) is 12.9 Å². The summed E-state index contributed by atoms with van der Waals surface area (Å²) in [4.78, 5) is 37.0. The summed E-state index contributed by atoms with van der Waals surface area (Å²) in [6.45, 7) is 3.41. The second-order valence-corrected chi connectivity index (χ2v) is 6.38. The van der Waals surface area contributed by atoms with Crippen molar-refractivity contribution in [3.63, 3.8) is 0 Å². The number of likely N-dealkylation sites (N-methyl/N-ethyl adjacent to an activating group) is 1. The fourth-order valence-electron chi connectivity index (χ4n) is 2.62. The van der Waals surface area contributed by atoms with E-state index in [9.17, 15) is 14.4 Å². The number of anilines is 1. The van der Waals surface area contributed by atoms with Gasteiger partial charge in [-0.25, -0.2) is 0 Å². The maximum absolute atomic E-state index is 12.3. The number of aryl methyl sites for hydroxylation is 2. The fraction of sp³-hybridized carbons (Fsp3) is 0.286. The molecule has 0 saturated heterocycles. The van der Waals surface area contributed by atoms with E-state index in [1.54, 1.807) is 12.1 Å². The Balaban J connectivity index is 1.92. The molecule has 0 atom stereocenters. The van der Waals surface area contributed by atoms with Crippen LogP contribution in [0.5, 0.6) is 11.5 Å². The first-order valence-corrected chi connectivity index (χ1v) is 8.71. The van der Waals surface area contributed by atoms with Gasteiger partial charge >= 0.3 is 0 Å². The van der Waals surface area contributed by atoms with Crippen molar-refractivity contribution >= 4 is 23.8 Å². The molecule has 0 fully saturated rings. The zero-order valence-corrected chi connectivity index (χ0v) is 16.4. The van der Waals surface area contributed by atoms with Gasteiger partial charge < -0.3 is 19.7 Å². The van der Waals surface area contributed by atoms with E-state index >= 15 is 0 Å². The van der Waals surface area contributed by atoms with Gasteiger partial charge in [-0.3, -0.25) is 14.4 Å². The Kier molecular flexibility index (Phi) is 7.14. The maximum Gasteiger partial charge on any atom is 0.260 e. The Labute approximate surface area is 164 Å². The van der Waals surface area contributed by atoms with Crippen molar-refractivity contribution in [1.29, 1.82) is 0 Å². The molecule has 2 aromatic carbocycles. The summed E-state index contributed by atoms with van der Waals surface area (Å²) < 4.78 is 10.5. The lowest BCUT2D eigenvalue weighted by atomic mass is 10.1. The van der Waals surface area contributed by atoms with Crippen LogP contribution in [0.4, 0.5) is 5.69 Å². The number of nitrogens with zero attached hydrogens (tertiary/aromatic N) is 1. The topological polar surface area (TPSA) is 84.9 Å². The molecule has 1 N–H and O–H groups in total. The van der Waals surface area contributed by atoms with Gasteiger partial charge in [0.05, 0.1) is 19.2 Å². The van der Waals surface area contributed by atoms with Crippen LogP contribution in [0, 0.1) is 13.8 Å². The van der Waals surface area contributed by atoms with Crippen LogP contribution in [-0.4, -0.2) is 50.3 Å². The van der Waals surface area contributed by atoms with E-state index in [1.165, 1.54) is 25.1 Å². The van der Waals surface area contributed by atoms with Crippen LogP contribution in [-0.2, 0) is 9.59 Å². The predicted molar refractivity (Wildman–Crippen MR) is 106 cm³/mol. The number of hydrogen-bond donors (Lipinski definition) is 1. The predicted octanol–water partition coefficient (Wildman–Crippen LogP) is 2.60. The van der Waals surface area contributed by atoms with Crippen LogP contribution >= 0.6 is 0 Å². The van der Waals surface area contributed by atoms with E-state index in [4.69, 9.17) is 9.47 Å². The molecule has 2 aromatic rings. The molecular weight excluding hydrogens is 360 g/mol. The molecular formula is C21H24N2O5. The van der Waals surface area contributed by atoms with Crippen molar-refractivity contribution in [2.45, 2.75) is 13.8 Å². The highest BCUT2D eigenvalue weighted by molar-refractivity contribution is 5.95. The van der Waals surface area contributed by atoms with Gasteiger partial charge in [-0.1, -0.05) is 18.2 Å². The fourth-order valence-corrected chi connectivity index (χ4v) is 2.62. The molecule has 148 valence electrons. The molecule has 28 heavy (non-hydrogen) atoms. The van der Waals surface area contributed by atoms with Gasteiger partial charge in [-0.15, -0.1) is 0 Å². The minimum Gasteiger partial charge on any atom is -0.497 e. The standard InChI is InChI=1S/C21H24N2O5/c1-14-6-5-7-15(2)21(14)22-19(25)11-23(3)20(26)13-28-18-9-8-17(27-4)10-16(18)12-24/h5-10,12H,11,13H2,1-4H3,(H,22,25). The summed E-state index contributed by atoms with van der Waals surface area (Å²) >= 11 is 0. The average Bonchev–Trinajstić information content (AvgIpc) is 2.68. The average molecular weight is 384 g/mol. The number of rotatable bonds is 8. The molecule has 0 radical (unpaired) electrons. The van der Waals surface area contributed by atoms with Crippen LogP contribution < -0.4 is 14.8 Å². The largest absolute Gasteiger partial charge is 0.497 e. The van der Waals surface area contributed by atoms with Gasteiger partial charge in [-0.2, -0.15) is 0 Å². The molecule has 0 spiro atoms. The molecule has 0 heterocycles. The van der Waals surface area contributed by atoms with Crippen LogP contribution in [0.2, 0.25) is 0 Å². The number of aldehydes is 1. The van der Waals surface area contributed by atoms with E-state index in [0.717, 1.165) is 16.8 Å². The normalized spacial score (nSPS) is 10.1. The second-order valence-electron chi connectivity index (χ2n) is 6.38. The molecule has 0 aliphatic heterocycles. The number of nitrogens with one attached hydrogen (secondary N) is 1. The van der Waals surface area contributed by atoms with Crippen molar-refractivity contribution in [2.75, 3.05) is 32.6 Å². The Morgan fingerprint density at radius 3 is 2.43 bits per heavy atom. The number of para-hydroxylation sites is 1. The first kappa shape index (κ1) is 21.0. The lowest BCUT2D eigenvalue weighted by Crippen LogP contribution is -2.37. The number of amides is 2. The highest BCUT2D eigenvalue weighted by Gasteiger charge is 2.16. The van der Waals surface area contributed by atoms with E-state index in [-0.39, 0.29) is 36.3 Å². The van der Waals surface area contributed by atoms with Crippen LogP contribution in [0.25, 0.3) is 0 Å². The van der Waals surface area contributed by atoms with E-state index in [0.29, 0.717) is 12.0 Å². The number of ether oxygens (including phenoxy) is 2. The SMILES string of the molecule is COc1ccc(OCC(=O)N(C)CC(=O)Nc2c(C)cccc2C)c(C=O)c1. The monoisotopic (exact) mass is 384 g/mol. The molecule has 0 aromatic heterocycles. The summed E-state index contributed by atoms with van der Waals surface area (Å²) in [6.07, 6.45) is 0.629. The van der Waals surface area contributed by atoms with Gasteiger partial charge in [0.2, 0.25) is 5.91 Å². The molecule has 0 aliphatic carbocycles. The number of carbonyl (C=O) groups excluding carboxylic acids is 3. The Bertz CT molecular complexity index is 859. The number of carbonyl (C=O) groups is 3. The van der Waals surface area contributed by atoms with Crippen molar-refractivity contribution in [3.05, 3.63) is 53.1 Å². The molecule has 7 nitrogen and oxygen atoms in total. The van der Waals surface area contributed by atoms with Gasteiger partial charge in [0, 0.05) is 12.7 Å². The minimum atomic E-state index is -0.385. The molecule has 0 saturated carbocycles. The molecule has 2 amide bonds. The number of hydrogen-bond acceptors (Lipinski definition) is 5. The zero-order chi connectivity index (χ0) is 20.7. The molecule has 2 rings (SSSR count). The maximum atomic E-state index is 12.3. The zero-order valence-electron chi connectivity index (χ0n) is 16.4. The van der Waals surface area contributed by atoms with Crippen LogP contribution in [0.15, 0.2) is 36.4 Å². The second kappa shape index (κ2) is 9.55. The quantitative estimate of drug-likeness (QED) is 0.707. The van der Waals surface area contributed by atoms with Crippen LogP contribution in [0.1, 0.15) is 21.5 Å². The van der Waals surface area contributed by atoms with Gasteiger partial charge in [0.25, 0.3) is 5.91 Å².